The first-order valence-electron chi connectivity index (χ1n) is 12.3. The highest BCUT2D eigenvalue weighted by Crippen LogP contribution is 2.49. The van der Waals surface area contributed by atoms with Crippen LogP contribution < -0.4 is 20.1 Å². The molecule has 216 valence electrons. The molecule has 9 nitrogen and oxygen atoms in total. The van der Waals surface area contributed by atoms with Gasteiger partial charge in [-0.15, -0.1) is 0 Å². The molecule has 1 saturated carbocycles. The number of carbonyl (C=O) groups is 2. The fraction of sp³-hybridized carbons (Fsp3) is 0.444. The van der Waals surface area contributed by atoms with Crippen LogP contribution in [0.1, 0.15) is 36.8 Å². The van der Waals surface area contributed by atoms with Crippen molar-refractivity contribution in [1.82, 2.24) is 10.2 Å². The number of carbonyl (C=O) groups excluding carboxylic acids is 1. The summed E-state index contributed by atoms with van der Waals surface area (Å²) >= 11 is 0. The third kappa shape index (κ3) is 6.74. The number of likely N-dealkylation sites (N-methyl/N-ethyl adjacent to an activating group) is 1. The Bertz CT molecular complexity index is 1280. The molecule has 4 rings (SSSR count). The summed E-state index contributed by atoms with van der Waals surface area (Å²) in [4.78, 5) is 23.9. The highest BCUT2D eigenvalue weighted by Gasteiger charge is 2.50. The molecule has 1 aliphatic carbocycles. The number of halogens is 4. The first-order chi connectivity index (χ1) is 18.8. The van der Waals surface area contributed by atoms with Gasteiger partial charge >= 0.3 is 18.2 Å². The minimum absolute atomic E-state index is 0.00160. The summed E-state index contributed by atoms with van der Waals surface area (Å²) < 4.78 is 56.2. The Hall–Kier alpha value is -4.05. The molecule has 2 aromatic rings. The largest absolute Gasteiger partial charge is 0.493 e. The first-order valence-corrected chi connectivity index (χ1v) is 12.3. The molecule has 2 aromatic carbocycles. The predicted molar refractivity (Wildman–Crippen MR) is 137 cm³/mol. The lowest BCUT2D eigenvalue weighted by molar-refractivity contribution is -0.192. The number of carboxylic acids is 1. The van der Waals surface area contributed by atoms with Gasteiger partial charge in [0.1, 0.15) is 11.9 Å². The highest BCUT2D eigenvalue weighted by atomic mass is 19.4. The van der Waals surface area contributed by atoms with Crippen LogP contribution >= 0.6 is 0 Å². The maximum Gasteiger partial charge on any atom is 0.490 e. The summed E-state index contributed by atoms with van der Waals surface area (Å²) in [7, 11) is 5.42. The van der Waals surface area contributed by atoms with E-state index in [1.807, 2.05) is 6.07 Å². The molecule has 1 saturated heterocycles. The topological polar surface area (TPSA) is 124 Å². The van der Waals surface area contributed by atoms with Gasteiger partial charge < -0.3 is 30.1 Å². The van der Waals surface area contributed by atoms with Crippen molar-refractivity contribution in [3.05, 3.63) is 53.3 Å². The van der Waals surface area contributed by atoms with E-state index in [-0.39, 0.29) is 29.1 Å². The van der Waals surface area contributed by atoms with Crippen LogP contribution in [0.2, 0.25) is 0 Å². The van der Waals surface area contributed by atoms with Crippen LogP contribution in [-0.2, 0) is 10.2 Å². The third-order valence-electron chi connectivity index (χ3n) is 7.41. The Morgan fingerprint density at radius 1 is 1.12 bits per heavy atom. The normalized spacial score (nSPS) is 22.1. The van der Waals surface area contributed by atoms with E-state index >= 15 is 0 Å². The lowest BCUT2D eigenvalue weighted by Gasteiger charge is -2.45. The van der Waals surface area contributed by atoms with Crippen LogP contribution in [0.4, 0.5) is 28.0 Å². The maximum atomic E-state index is 13.5. The van der Waals surface area contributed by atoms with Crippen LogP contribution in [0, 0.1) is 17.1 Å². The molecular weight excluding hydrogens is 536 g/mol. The van der Waals surface area contributed by atoms with Crippen molar-refractivity contribution in [2.45, 2.75) is 49.4 Å². The second kappa shape index (κ2) is 12.4. The predicted octanol–water partition coefficient (Wildman–Crippen LogP) is 4.66. The number of hydrogen-bond acceptors (Lipinski definition) is 6. The zero-order valence-electron chi connectivity index (χ0n) is 22.1. The quantitative estimate of drug-likeness (QED) is 0.450. The number of nitriles is 1. The van der Waals surface area contributed by atoms with Crippen molar-refractivity contribution in [2.75, 3.05) is 33.1 Å². The summed E-state index contributed by atoms with van der Waals surface area (Å²) in [6.07, 6.45) is -1.42. The minimum atomic E-state index is -5.08. The Balaban J connectivity index is 0.000000559. The monoisotopic (exact) mass is 566 g/mol. The summed E-state index contributed by atoms with van der Waals surface area (Å²) in [6, 6.07) is 11.9. The molecule has 0 spiro atoms. The Morgan fingerprint density at radius 3 is 2.40 bits per heavy atom. The molecule has 1 heterocycles. The first kappa shape index (κ1) is 30.5. The Kier molecular flexibility index (Phi) is 9.47. The van der Waals surface area contributed by atoms with Gasteiger partial charge in [-0.2, -0.15) is 18.4 Å². The number of urea groups is 1. The van der Waals surface area contributed by atoms with Gasteiger partial charge in [0.15, 0.2) is 11.5 Å². The van der Waals surface area contributed by atoms with Gasteiger partial charge in [0.25, 0.3) is 0 Å². The van der Waals surface area contributed by atoms with Crippen LogP contribution in [0.25, 0.3) is 0 Å². The molecule has 2 fully saturated rings. The van der Waals surface area contributed by atoms with E-state index in [0.717, 1.165) is 38.0 Å². The number of rotatable bonds is 5. The minimum Gasteiger partial charge on any atom is -0.493 e. The standard InChI is InChI=1S/C25H29FN4O3.C2HF3O2/c1-30-11-10-25(17-4-7-21(32-2)22(13-17)33-3)9-8-19(14-23(25)30)29-24(31)28-18-5-6-20(26)16(12-18)15-27;3-2(4,5)1(6)7/h4-7,12-13,19,23H,8-11,14H2,1-3H3,(H2,28,29,31);(H,6,7)/t19-,23+,25+;/m1./s1. The molecule has 0 unspecified atom stereocenters. The molecule has 0 aromatic heterocycles. The van der Waals surface area contributed by atoms with E-state index in [9.17, 15) is 22.4 Å². The van der Waals surface area contributed by atoms with Crippen molar-refractivity contribution in [3.63, 3.8) is 0 Å². The number of nitrogens with one attached hydrogen (secondary N) is 2. The van der Waals surface area contributed by atoms with Gasteiger partial charge in [0.2, 0.25) is 0 Å². The van der Waals surface area contributed by atoms with Crippen LogP contribution in [0.15, 0.2) is 36.4 Å². The van der Waals surface area contributed by atoms with E-state index < -0.39 is 18.0 Å². The smallest absolute Gasteiger partial charge is 0.490 e. The number of aliphatic carboxylic acids is 1. The number of fused-ring (bicyclic) bond motifs is 1. The fourth-order valence-electron chi connectivity index (χ4n) is 5.44. The number of likely N-dealkylation sites (tertiary alicyclic amines) is 1. The second-order valence-corrected chi connectivity index (χ2v) is 9.65. The molecule has 2 amide bonds. The molecule has 2 aliphatic rings. The number of anilines is 1. The number of nitrogens with zero attached hydrogens (tertiary/aromatic N) is 2. The fourth-order valence-corrected chi connectivity index (χ4v) is 5.44. The molecule has 13 heteroatoms. The average Bonchev–Trinajstić information content (AvgIpc) is 3.25. The van der Waals surface area contributed by atoms with Crippen molar-refractivity contribution < 1.29 is 41.7 Å². The summed E-state index contributed by atoms with van der Waals surface area (Å²) in [5.41, 5.74) is 1.53. The van der Waals surface area contributed by atoms with E-state index in [1.54, 1.807) is 20.3 Å². The van der Waals surface area contributed by atoms with Crippen molar-refractivity contribution in [3.8, 4) is 17.6 Å². The van der Waals surface area contributed by atoms with Crippen LogP contribution in [-0.4, -0.2) is 68.1 Å². The summed E-state index contributed by atoms with van der Waals surface area (Å²) in [6.45, 7) is 0.991. The zero-order valence-corrected chi connectivity index (χ0v) is 22.1. The van der Waals surface area contributed by atoms with Gasteiger partial charge in [-0.1, -0.05) is 6.07 Å². The zero-order chi connectivity index (χ0) is 29.7. The number of alkyl halides is 3. The van der Waals surface area contributed by atoms with E-state index in [1.165, 1.54) is 23.8 Å². The molecular formula is C27H30F4N4O5. The van der Waals surface area contributed by atoms with Gasteiger partial charge in [-0.3, -0.25) is 0 Å². The van der Waals surface area contributed by atoms with Crippen molar-refractivity contribution in [1.29, 1.82) is 5.26 Å². The molecule has 0 radical (unpaired) electrons. The Labute approximate surface area is 228 Å². The number of benzene rings is 2. The number of amides is 2. The van der Waals surface area contributed by atoms with Gasteiger partial charge in [0, 0.05) is 23.2 Å². The number of carboxylic acid groups (broad SMARTS) is 1. The lowest BCUT2D eigenvalue weighted by Crippen LogP contribution is -2.52. The molecule has 1 aliphatic heterocycles. The lowest BCUT2D eigenvalue weighted by atomic mass is 9.65. The Morgan fingerprint density at radius 2 is 1.80 bits per heavy atom. The van der Waals surface area contributed by atoms with Gasteiger partial charge in [-0.25, -0.2) is 14.0 Å². The average molecular weight is 567 g/mol. The van der Waals surface area contributed by atoms with E-state index in [2.05, 4.69) is 34.7 Å². The van der Waals surface area contributed by atoms with Gasteiger partial charge in [0.05, 0.1) is 19.8 Å². The SMILES string of the molecule is COc1ccc([C@@]23CC[C@@H](NC(=O)Nc4ccc(F)c(C#N)c4)C[C@@H]2N(C)CC3)cc1OC.O=C(O)C(F)(F)F. The summed E-state index contributed by atoms with van der Waals surface area (Å²) in [5.74, 6) is -1.92. The van der Waals surface area contributed by atoms with E-state index in [0.29, 0.717) is 11.4 Å². The third-order valence-corrected chi connectivity index (χ3v) is 7.41. The van der Waals surface area contributed by atoms with E-state index in [4.69, 9.17) is 24.6 Å². The number of hydrogen-bond donors (Lipinski definition) is 3. The molecule has 3 N–H and O–H groups in total. The highest BCUT2D eigenvalue weighted by molar-refractivity contribution is 5.89. The van der Waals surface area contributed by atoms with Crippen molar-refractivity contribution in [2.24, 2.45) is 0 Å². The van der Waals surface area contributed by atoms with Crippen LogP contribution in [0.3, 0.4) is 0 Å². The second-order valence-electron chi connectivity index (χ2n) is 9.65. The molecule has 40 heavy (non-hydrogen) atoms. The molecule has 3 atom stereocenters. The van der Waals surface area contributed by atoms with Gasteiger partial charge in [-0.05, 0) is 75.2 Å². The molecule has 0 bridgehead atoms. The van der Waals surface area contributed by atoms with Crippen LogP contribution in [0.5, 0.6) is 11.5 Å². The maximum absolute atomic E-state index is 13.5. The number of methoxy groups -OCH3 is 2. The number of ether oxygens (including phenoxy) is 2. The summed E-state index contributed by atoms with van der Waals surface area (Å²) in [5, 5.41) is 21.9. The van der Waals surface area contributed by atoms with Crippen molar-refractivity contribution >= 4 is 17.7 Å².